The first kappa shape index (κ1) is 23.9. The molecular formula is C17H24Cl2SiZr. The summed E-state index contributed by atoms with van der Waals surface area (Å²) in [5.74, 6) is 1.03. The third-order valence-corrected chi connectivity index (χ3v) is 7.85. The van der Waals surface area contributed by atoms with E-state index in [1.165, 1.54) is 23.6 Å². The molecular weight excluding hydrogens is 394 g/mol. The van der Waals surface area contributed by atoms with E-state index in [-0.39, 0.29) is 51.0 Å². The molecule has 0 spiro atoms. The molecule has 2 aliphatic rings. The molecule has 0 aromatic carbocycles. The second-order valence-corrected chi connectivity index (χ2v) is 8.63. The molecule has 0 fully saturated rings. The van der Waals surface area contributed by atoms with Crippen LogP contribution in [-0.2, 0) is 26.2 Å². The fourth-order valence-electron chi connectivity index (χ4n) is 3.24. The Bertz CT molecular complexity index is 423. The summed E-state index contributed by atoms with van der Waals surface area (Å²) in [5, 5.41) is 3.29. The third kappa shape index (κ3) is 5.65. The van der Waals surface area contributed by atoms with Crippen molar-refractivity contribution >= 4 is 8.80 Å². The van der Waals surface area contributed by atoms with Gasteiger partial charge in [0.1, 0.15) is 0 Å². The molecule has 0 N–H and O–H groups in total. The van der Waals surface area contributed by atoms with Crippen LogP contribution in [-0.4, -0.2) is 8.80 Å². The van der Waals surface area contributed by atoms with E-state index >= 15 is 0 Å². The van der Waals surface area contributed by atoms with E-state index in [2.05, 4.69) is 58.9 Å². The molecule has 4 heteroatoms. The Morgan fingerprint density at radius 3 is 1.57 bits per heavy atom. The normalized spacial score (nSPS) is 24.6. The molecule has 2 rings (SSSR count). The maximum Gasteiger partial charge on any atom is 4.00 e. The van der Waals surface area contributed by atoms with Crippen LogP contribution in [0.15, 0.2) is 33.7 Å². The first-order valence-corrected chi connectivity index (χ1v) is 9.14. The Labute approximate surface area is 163 Å². The fraction of sp³-hybridized carbons (Fsp3) is 0.529. The number of hydrogen-bond acceptors (Lipinski definition) is 0. The molecule has 0 nitrogen and oxygen atoms in total. The number of allylic oxidation sites excluding steroid dienone is 8. The largest absolute Gasteiger partial charge is 4.00 e. The van der Waals surface area contributed by atoms with Gasteiger partial charge in [0, 0.05) is 0 Å². The van der Waals surface area contributed by atoms with Gasteiger partial charge < -0.3 is 24.8 Å². The average Bonchev–Trinajstić information content (AvgIpc) is 2.78. The summed E-state index contributed by atoms with van der Waals surface area (Å²) in [6.45, 7) is 11.3. The van der Waals surface area contributed by atoms with Gasteiger partial charge in [-0.1, -0.05) is 67.7 Å². The van der Waals surface area contributed by atoms with Gasteiger partial charge in [-0.15, -0.1) is 0 Å². The van der Waals surface area contributed by atoms with E-state index in [4.69, 9.17) is 0 Å². The number of halogens is 2. The Hall–Kier alpha value is 0.640. The molecule has 0 saturated heterocycles. The number of hydrogen-bond donors (Lipinski definition) is 0. The minimum absolute atomic E-state index is 0. The third-order valence-electron chi connectivity index (χ3n) is 3.94. The van der Waals surface area contributed by atoms with Gasteiger partial charge >= 0.3 is 26.2 Å². The predicted octanol–water partition coefficient (Wildman–Crippen LogP) is -1.64. The van der Waals surface area contributed by atoms with Crippen molar-refractivity contribution in [3.8, 4) is 0 Å². The van der Waals surface area contributed by atoms with E-state index in [1.807, 2.05) is 0 Å². The Kier molecular flexibility index (Phi) is 11.9. The van der Waals surface area contributed by atoms with Crippen molar-refractivity contribution in [2.24, 2.45) is 11.8 Å². The van der Waals surface area contributed by atoms with Gasteiger partial charge in [-0.25, -0.2) is 21.5 Å². The topological polar surface area (TPSA) is 0 Å². The Balaban J connectivity index is 0. The van der Waals surface area contributed by atoms with Crippen molar-refractivity contribution in [3.63, 3.8) is 0 Å². The van der Waals surface area contributed by atoms with Gasteiger partial charge in [0.15, 0.2) is 0 Å². The van der Waals surface area contributed by atoms with Crippen LogP contribution in [0, 0.1) is 24.0 Å². The van der Waals surface area contributed by atoms with E-state index in [0.29, 0.717) is 11.8 Å². The summed E-state index contributed by atoms with van der Waals surface area (Å²) >= 11 is 0. The van der Waals surface area contributed by atoms with Crippen molar-refractivity contribution in [2.75, 3.05) is 0 Å². The zero-order valence-corrected chi connectivity index (χ0v) is 18.7. The average molecular weight is 419 g/mol. The molecule has 2 atom stereocenters. The molecule has 0 amide bonds. The second kappa shape index (κ2) is 10.4. The van der Waals surface area contributed by atoms with Crippen LogP contribution in [0.3, 0.4) is 0 Å². The van der Waals surface area contributed by atoms with Gasteiger partial charge in [-0.05, 0) is 0 Å². The van der Waals surface area contributed by atoms with Crippen molar-refractivity contribution < 1.29 is 51.0 Å². The van der Waals surface area contributed by atoms with Crippen LogP contribution in [0.1, 0.15) is 41.0 Å². The summed E-state index contributed by atoms with van der Waals surface area (Å²) in [4.78, 5) is 0. The molecule has 2 aliphatic carbocycles. The van der Waals surface area contributed by atoms with Crippen molar-refractivity contribution in [1.82, 2.24) is 0 Å². The van der Waals surface area contributed by atoms with Crippen LogP contribution in [0.5, 0.6) is 0 Å². The Morgan fingerprint density at radius 2 is 1.33 bits per heavy atom. The van der Waals surface area contributed by atoms with E-state index in [1.54, 1.807) is 10.4 Å². The second-order valence-electron chi connectivity index (χ2n) is 5.70. The van der Waals surface area contributed by atoms with Crippen LogP contribution in [0.2, 0.25) is 6.04 Å². The minimum Gasteiger partial charge on any atom is -1.00 e. The van der Waals surface area contributed by atoms with E-state index in [0.717, 1.165) is 0 Å². The summed E-state index contributed by atoms with van der Waals surface area (Å²) in [5.41, 5.74) is 2.83. The maximum absolute atomic E-state index is 3.56. The zero-order chi connectivity index (χ0) is 13.3. The van der Waals surface area contributed by atoms with Crippen molar-refractivity contribution in [2.45, 2.75) is 47.1 Å². The SMILES string of the molecule is CCC[SiH](C1=CC(C)[C-]=C1C)C1=CC(C)[C-]=C1C.[Cl-].[Cl-].[Zr+4]. The molecule has 114 valence electrons. The van der Waals surface area contributed by atoms with Gasteiger partial charge in [0.2, 0.25) is 0 Å². The fourth-order valence-corrected chi connectivity index (χ4v) is 7.03. The summed E-state index contributed by atoms with van der Waals surface area (Å²) in [7, 11) is -1.01. The minimum atomic E-state index is -1.01. The monoisotopic (exact) mass is 416 g/mol. The van der Waals surface area contributed by atoms with E-state index < -0.39 is 8.80 Å². The van der Waals surface area contributed by atoms with Crippen LogP contribution < -0.4 is 24.8 Å². The maximum atomic E-state index is 3.56. The molecule has 0 aliphatic heterocycles. The van der Waals surface area contributed by atoms with Crippen LogP contribution in [0.25, 0.3) is 0 Å². The summed E-state index contributed by atoms with van der Waals surface area (Å²) in [6, 6.07) is 1.37. The zero-order valence-electron chi connectivity index (χ0n) is 13.6. The first-order chi connectivity index (χ1) is 8.52. The van der Waals surface area contributed by atoms with Crippen molar-refractivity contribution in [1.29, 1.82) is 0 Å². The predicted molar refractivity (Wildman–Crippen MR) is 81.6 cm³/mol. The van der Waals surface area contributed by atoms with Crippen molar-refractivity contribution in [3.05, 3.63) is 45.8 Å². The number of rotatable bonds is 4. The van der Waals surface area contributed by atoms with Gasteiger partial charge in [-0.2, -0.15) is 12.2 Å². The molecule has 0 heterocycles. The van der Waals surface area contributed by atoms with Crippen LogP contribution >= 0.6 is 0 Å². The molecule has 0 saturated carbocycles. The van der Waals surface area contributed by atoms with Gasteiger partial charge in [0.25, 0.3) is 0 Å². The molecule has 0 aromatic rings. The standard InChI is InChI=1S/C17H24Si.2ClH.Zr/c1-6-7-18(16-10-12(2)8-14(16)4)17-11-13(3)9-15(17)5;;;/h10-13,18H,6-7H2,1-5H3;2*1H;/q-2;;;+4/p-2. The molecule has 0 radical (unpaired) electrons. The van der Waals surface area contributed by atoms with E-state index in [9.17, 15) is 0 Å². The smallest absolute Gasteiger partial charge is 1.00 e. The van der Waals surface area contributed by atoms with Crippen LogP contribution in [0.4, 0.5) is 0 Å². The molecule has 0 aromatic heterocycles. The summed E-state index contributed by atoms with van der Waals surface area (Å²) < 4.78 is 0. The molecule has 21 heavy (non-hydrogen) atoms. The summed E-state index contributed by atoms with van der Waals surface area (Å²) in [6.07, 6.45) is 13.3. The quantitative estimate of drug-likeness (QED) is 0.380. The first-order valence-electron chi connectivity index (χ1n) is 7.17. The van der Waals surface area contributed by atoms with Gasteiger partial charge in [-0.3, -0.25) is 12.2 Å². The Morgan fingerprint density at radius 1 is 0.952 bits per heavy atom. The molecule has 0 bridgehead atoms. The molecule has 2 unspecified atom stereocenters. The van der Waals surface area contributed by atoms with Gasteiger partial charge in [0.05, 0.1) is 0 Å².